The van der Waals surface area contributed by atoms with Crippen molar-refractivity contribution in [1.82, 2.24) is 9.80 Å². The maximum absolute atomic E-state index is 13.9. The lowest BCUT2D eigenvalue weighted by Gasteiger charge is -2.34. The van der Waals surface area contributed by atoms with Gasteiger partial charge in [0.2, 0.25) is 0 Å². The molecule has 2 aliphatic rings. The first kappa shape index (κ1) is 18.4. The molecule has 0 saturated carbocycles. The fourth-order valence-electron chi connectivity index (χ4n) is 3.84. The maximum atomic E-state index is 13.9. The minimum absolute atomic E-state index is 0.00965. The Hall–Kier alpha value is -2.64. The van der Waals surface area contributed by atoms with Crippen molar-refractivity contribution in [2.45, 2.75) is 6.54 Å². The molecule has 0 unspecified atom stereocenters. The van der Waals surface area contributed by atoms with Crippen LogP contribution in [0.5, 0.6) is 11.5 Å². The van der Waals surface area contributed by atoms with Crippen LogP contribution in [0, 0.1) is 5.82 Å². The number of carbonyl (C=O) groups is 1. The van der Waals surface area contributed by atoms with Gasteiger partial charge in [0.05, 0.1) is 4.88 Å². The van der Waals surface area contributed by atoms with E-state index in [4.69, 9.17) is 9.47 Å². The van der Waals surface area contributed by atoms with E-state index in [1.807, 2.05) is 23.1 Å². The third kappa shape index (κ3) is 3.68. The summed E-state index contributed by atoms with van der Waals surface area (Å²) >= 11 is 1.36. The first-order valence-electron chi connectivity index (χ1n) is 9.75. The summed E-state index contributed by atoms with van der Waals surface area (Å²) in [7, 11) is 0. The minimum Gasteiger partial charge on any atom is -0.486 e. The van der Waals surface area contributed by atoms with Crippen molar-refractivity contribution in [3.63, 3.8) is 0 Å². The molecule has 150 valence electrons. The molecule has 1 aromatic heterocycles. The Bertz CT molecular complexity index is 1060. The zero-order chi connectivity index (χ0) is 19.8. The molecule has 0 aliphatic carbocycles. The number of rotatable bonds is 3. The van der Waals surface area contributed by atoms with E-state index in [-0.39, 0.29) is 11.7 Å². The summed E-state index contributed by atoms with van der Waals surface area (Å²) < 4.78 is 26.0. The monoisotopic (exact) mass is 412 g/mol. The average molecular weight is 412 g/mol. The van der Waals surface area contributed by atoms with Crippen LogP contribution in [0.15, 0.2) is 42.5 Å². The van der Waals surface area contributed by atoms with Crippen LogP contribution in [0.2, 0.25) is 0 Å². The fraction of sp³-hybridized carbons (Fsp3) is 0.318. The van der Waals surface area contributed by atoms with Gasteiger partial charge in [0.1, 0.15) is 19.0 Å². The molecule has 2 aliphatic heterocycles. The molecule has 0 spiro atoms. The molecular weight excluding hydrogens is 391 g/mol. The molecule has 7 heteroatoms. The second-order valence-electron chi connectivity index (χ2n) is 7.31. The van der Waals surface area contributed by atoms with Crippen LogP contribution < -0.4 is 9.47 Å². The highest BCUT2D eigenvalue weighted by Crippen LogP contribution is 2.31. The van der Waals surface area contributed by atoms with E-state index in [0.717, 1.165) is 35.8 Å². The van der Waals surface area contributed by atoms with Gasteiger partial charge in [0.15, 0.2) is 11.5 Å². The normalized spacial score (nSPS) is 16.9. The van der Waals surface area contributed by atoms with Crippen LogP contribution in [0.1, 0.15) is 15.2 Å². The number of hydrogen-bond donors (Lipinski definition) is 0. The topological polar surface area (TPSA) is 42.0 Å². The molecule has 1 amide bonds. The van der Waals surface area contributed by atoms with Crippen molar-refractivity contribution < 1.29 is 18.7 Å². The molecule has 0 radical (unpaired) electrons. The van der Waals surface area contributed by atoms with Crippen LogP contribution >= 0.6 is 11.3 Å². The Labute approximate surface area is 172 Å². The molecule has 5 nitrogen and oxygen atoms in total. The van der Waals surface area contributed by atoms with Crippen LogP contribution in [0.4, 0.5) is 4.39 Å². The number of halogens is 1. The highest BCUT2D eigenvalue weighted by molar-refractivity contribution is 7.20. The van der Waals surface area contributed by atoms with E-state index in [1.54, 1.807) is 12.1 Å². The molecule has 1 saturated heterocycles. The highest BCUT2D eigenvalue weighted by atomic mass is 32.1. The van der Waals surface area contributed by atoms with Crippen LogP contribution in [0.3, 0.4) is 0 Å². The molecular formula is C22H21FN2O3S. The quantitative estimate of drug-likeness (QED) is 0.657. The van der Waals surface area contributed by atoms with Crippen molar-refractivity contribution in [3.8, 4) is 11.5 Å². The van der Waals surface area contributed by atoms with Crippen LogP contribution in [-0.4, -0.2) is 55.1 Å². The first-order valence-corrected chi connectivity index (χ1v) is 10.6. The van der Waals surface area contributed by atoms with Crippen LogP contribution in [0.25, 0.3) is 10.1 Å². The van der Waals surface area contributed by atoms with Crippen molar-refractivity contribution in [2.24, 2.45) is 0 Å². The Morgan fingerprint density at radius 1 is 1.00 bits per heavy atom. The molecule has 0 atom stereocenters. The van der Waals surface area contributed by atoms with Gasteiger partial charge < -0.3 is 14.4 Å². The van der Waals surface area contributed by atoms with Crippen LogP contribution in [-0.2, 0) is 6.54 Å². The van der Waals surface area contributed by atoms with E-state index < -0.39 is 0 Å². The SMILES string of the molecule is O=C(c1cc2c(F)cccc2s1)N1CCN(Cc2ccc3c(c2)OCCO3)CC1. The number of ether oxygens (including phenoxy) is 2. The summed E-state index contributed by atoms with van der Waals surface area (Å²) in [6.07, 6.45) is 0. The van der Waals surface area contributed by atoms with E-state index in [2.05, 4.69) is 11.0 Å². The zero-order valence-corrected chi connectivity index (χ0v) is 16.7. The van der Waals surface area contributed by atoms with Gasteiger partial charge in [-0.25, -0.2) is 4.39 Å². The van der Waals surface area contributed by atoms with E-state index in [0.29, 0.717) is 36.6 Å². The summed E-state index contributed by atoms with van der Waals surface area (Å²) in [5.74, 6) is 1.32. The van der Waals surface area contributed by atoms with Gasteiger partial charge in [-0.05, 0) is 35.9 Å². The number of carbonyl (C=O) groups excluding carboxylic acids is 1. The van der Waals surface area contributed by atoms with E-state index in [1.165, 1.54) is 23.0 Å². The standard InChI is InChI=1S/C22H21FN2O3S/c23-17-2-1-3-20-16(17)13-21(29-20)22(26)25-8-6-24(7-9-25)14-15-4-5-18-19(12-15)28-11-10-27-18/h1-5,12-13H,6-11,14H2. The molecule has 29 heavy (non-hydrogen) atoms. The summed E-state index contributed by atoms with van der Waals surface area (Å²) in [5.41, 5.74) is 1.18. The molecule has 5 rings (SSSR count). The van der Waals surface area contributed by atoms with E-state index >= 15 is 0 Å². The first-order chi connectivity index (χ1) is 14.2. The van der Waals surface area contributed by atoms with Gasteiger partial charge in [0, 0.05) is 42.8 Å². The lowest BCUT2D eigenvalue weighted by atomic mass is 10.1. The third-order valence-corrected chi connectivity index (χ3v) is 6.48. The van der Waals surface area contributed by atoms with Gasteiger partial charge in [-0.3, -0.25) is 9.69 Å². The lowest BCUT2D eigenvalue weighted by molar-refractivity contribution is 0.0633. The summed E-state index contributed by atoms with van der Waals surface area (Å²) in [6, 6.07) is 12.7. The van der Waals surface area contributed by atoms with Gasteiger partial charge in [-0.1, -0.05) is 12.1 Å². The Morgan fingerprint density at radius 3 is 2.59 bits per heavy atom. The maximum Gasteiger partial charge on any atom is 0.264 e. The minimum atomic E-state index is -0.276. The highest BCUT2D eigenvalue weighted by Gasteiger charge is 2.24. The molecule has 0 N–H and O–H groups in total. The Kier molecular flexibility index (Phi) is 4.85. The predicted octanol–water partition coefficient (Wildman–Crippen LogP) is 3.77. The summed E-state index contributed by atoms with van der Waals surface area (Å²) in [6.45, 7) is 4.93. The Balaban J connectivity index is 1.22. The van der Waals surface area contributed by atoms with Crippen molar-refractivity contribution in [1.29, 1.82) is 0 Å². The Morgan fingerprint density at radius 2 is 1.79 bits per heavy atom. The van der Waals surface area contributed by atoms with Gasteiger partial charge in [-0.15, -0.1) is 11.3 Å². The summed E-state index contributed by atoms with van der Waals surface area (Å²) in [4.78, 5) is 17.7. The lowest BCUT2D eigenvalue weighted by Crippen LogP contribution is -2.48. The second kappa shape index (κ2) is 7.65. The number of nitrogens with zero attached hydrogens (tertiary/aromatic N) is 2. The van der Waals surface area contributed by atoms with Crippen molar-refractivity contribution in [3.05, 3.63) is 58.7 Å². The number of amides is 1. The van der Waals surface area contributed by atoms with E-state index in [9.17, 15) is 9.18 Å². The summed E-state index contributed by atoms with van der Waals surface area (Å²) in [5, 5.41) is 0.526. The smallest absolute Gasteiger partial charge is 0.264 e. The van der Waals surface area contributed by atoms with Gasteiger partial charge in [0.25, 0.3) is 5.91 Å². The van der Waals surface area contributed by atoms with Gasteiger partial charge in [-0.2, -0.15) is 0 Å². The third-order valence-electron chi connectivity index (χ3n) is 5.39. The molecule has 3 heterocycles. The molecule has 0 bridgehead atoms. The number of benzene rings is 2. The number of fused-ring (bicyclic) bond motifs is 2. The number of hydrogen-bond acceptors (Lipinski definition) is 5. The zero-order valence-electron chi connectivity index (χ0n) is 15.9. The molecule has 1 fully saturated rings. The predicted molar refractivity (Wildman–Crippen MR) is 110 cm³/mol. The van der Waals surface area contributed by atoms with Crippen molar-refractivity contribution in [2.75, 3.05) is 39.4 Å². The van der Waals surface area contributed by atoms with Gasteiger partial charge >= 0.3 is 0 Å². The molecule has 3 aromatic rings. The fourth-order valence-corrected chi connectivity index (χ4v) is 4.88. The second-order valence-corrected chi connectivity index (χ2v) is 8.39. The van der Waals surface area contributed by atoms with Crippen molar-refractivity contribution >= 4 is 27.3 Å². The largest absolute Gasteiger partial charge is 0.486 e. The number of piperazine rings is 1. The number of thiophene rings is 1. The average Bonchev–Trinajstić information content (AvgIpc) is 3.20. The molecule has 2 aromatic carbocycles.